The van der Waals surface area contributed by atoms with E-state index in [1.807, 2.05) is 12.2 Å². The van der Waals surface area contributed by atoms with Crippen LogP contribution in [0.15, 0.2) is 30.3 Å². The zero-order valence-electron chi connectivity index (χ0n) is 7.75. The predicted molar refractivity (Wildman–Crippen MR) is 54.9 cm³/mol. The molecule has 0 bridgehead atoms. The Bertz CT molecular complexity index is 252. The summed E-state index contributed by atoms with van der Waals surface area (Å²) in [5.41, 5.74) is 2.60. The van der Waals surface area contributed by atoms with Crippen LogP contribution in [0.1, 0.15) is 30.9 Å². The first-order valence-corrected chi connectivity index (χ1v) is 4.29. The molecule has 12 heavy (non-hydrogen) atoms. The molecule has 0 aromatic heterocycles. The highest BCUT2D eigenvalue weighted by molar-refractivity contribution is 5.50. The van der Waals surface area contributed by atoms with Crippen LogP contribution < -0.4 is 0 Å². The third kappa shape index (κ3) is 2.23. The molecule has 0 saturated carbocycles. The third-order valence-electron chi connectivity index (χ3n) is 1.91. The van der Waals surface area contributed by atoms with Crippen LogP contribution in [0.2, 0.25) is 0 Å². The second kappa shape index (κ2) is 4.10. The van der Waals surface area contributed by atoms with Gasteiger partial charge >= 0.3 is 0 Å². The summed E-state index contributed by atoms with van der Waals surface area (Å²) in [5.74, 6) is 0.614. The van der Waals surface area contributed by atoms with E-state index in [2.05, 4.69) is 45.0 Å². The molecule has 0 heterocycles. The first-order chi connectivity index (χ1) is 5.74. The quantitative estimate of drug-likeness (QED) is 0.617. The van der Waals surface area contributed by atoms with Crippen molar-refractivity contribution in [1.29, 1.82) is 0 Å². The van der Waals surface area contributed by atoms with Crippen LogP contribution in [-0.4, -0.2) is 0 Å². The predicted octanol–water partition coefficient (Wildman–Crippen LogP) is 3.66. The molecule has 0 amide bonds. The maximum atomic E-state index is 3.66. The minimum Gasteiger partial charge on any atom is -0.0836 e. The average Bonchev–Trinajstić information content (AvgIpc) is 2.06. The van der Waals surface area contributed by atoms with Crippen LogP contribution in [0.25, 0.3) is 6.08 Å². The van der Waals surface area contributed by atoms with Crippen molar-refractivity contribution in [3.05, 3.63) is 48.4 Å². The van der Waals surface area contributed by atoms with E-state index in [-0.39, 0.29) is 0 Å². The fourth-order valence-electron chi connectivity index (χ4n) is 1.13. The van der Waals surface area contributed by atoms with E-state index in [0.29, 0.717) is 5.92 Å². The molecule has 63 valence electrons. The molecule has 0 nitrogen and oxygen atoms in total. The molecule has 1 radical (unpaired) electrons. The van der Waals surface area contributed by atoms with E-state index >= 15 is 0 Å². The lowest BCUT2D eigenvalue weighted by atomic mass is 10.0. The molecular formula is C12H15. The van der Waals surface area contributed by atoms with Crippen molar-refractivity contribution in [2.24, 2.45) is 0 Å². The largest absolute Gasteiger partial charge is 0.0836 e. The van der Waals surface area contributed by atoms with Gasteiger partial charge in [0.2, 0.25) is 0 Å². The number of hydrogen-bond acceptors (Lipinski definition) is 0. The first-order valence-electron chi connectivity index (χ1n) is 4.29. The van der Waals surface area contributed by atoms with Crippen LogP contribution in [-0.2, 0) is 0 Å². The molecule has 0 fully saturated rings. The normalized spacial score (nSPS) is 11.3. The van der Waals surface area contributed by atoms with Gasteiger partial charge in [0.1, 0.15) is 0 Å². The van der Waals surface area contributed by atoms with Crippen molar-refractivity contribution in [2.75, 3.05) is 0 Å². The van der Waals surface area contributed by atoms with Crippen LogP contribution in [0.3, 0.4) is 0 Å². The van der Waals surface area contributed by atoms with Crippen molar-refractivity contribution >= 4 is 6.08 Å². The van der Waals surface area contributed by atoms with Gasteiger partial charge in [-0.25, -0.2) is 0 Å². The topological polar surface area (TPSA) is 0 Å². The minimum absolute atomic E-state index is 0.614. The Morgan fingerprint density at radius 3 is 2.17 bits per heavy atom. The van der Waals surface area contributed by atoms with Crippen LogP contribution in [0, 0.1) is 6.92 Å². The van der Waals surface area contributed by atoms with Gasteiger partial charge in [0.15, 0.2) is 0 Å². The lowest BCUT2D eigenvalue weighted by Crippen LogP contribution is -1.85. The van der Waals surface area contributed by atoms with E-state index in [9.17, 15) is 0 Å². The van der Waals surface area contributed by atoms with Crippen LogP contribution in [0.5, 0.6) is 0 Å². The van der Waals surface area contributed by atoms with Crippen molar-refractivity contribution in [3.63, 3.8) is 0 Å². The van der Waals surface area contributed by atoms with E-state index in [1.165, 1.54) is 11.1 Å². The van der Waals surface area contributed by atoms with Gasteiger partial charge in [0.05, 0.1) is 0 Å². The molecule has 0 spiro atoms. The molecule has 0 N–H and O–H groups in total. The van der Waals surface area contributed by atoms with Gasteiger partial charge < -0.3 is 0 Å². The maximum Gasteiger partial charge on any atom is -0.0219 e. The number of hydrogen-bond donors (Lipinski definition) is 0. The standard InChI is InChI=1S/C12H15/c1-4-5-11-6-8-12(9-7-11)10(2)3/h4-10H,1H2,2-3H3/b5-4+. The maximum absolute atomic E-state index is 3.66. The molecule has 0 aliphatic rings. The van der Waals surface area contributed by atoms with Crippen molar-refractivity contribution in [2.45, 2.75) is 19.8 Å². The van der Waals surface area contributed by atoms with E-state index in [0.717, 1.165) is 0 Å². The van der Waals surface area contributed by atoms with Crippen LogP contribution >= 0.6 is 0 Å². The zero-order valence-corrected chi connectivity index (χ0v) is 7.75. The highest BCUT2D eigenvalue weighted by Gasteiger charge is 1.96. The second-order valence-electron chi connectivity index (χ2n) is 3.22. The summed E-state index contributed by atoms with van der Waals surface area (Å²) in [6, 6.07) is 8.58. The molecule has 0 unspecified atom stereocenters. The monoisotopic (exact) mass is 159 g/mol. The second-order valence-corrected chi connectivity index (χ2v) is 3.22. The Labute approximate surface area is 74.9 Å². The van der Waals surface area contributed by atoms with Crippen molar-refractivity contribution in [3.8, 4) is 0 Å². The summed E-state index contributed by atoms with van der Waals surface area (Å²) in [4.78, 5) is 0. The smallest absolute Gasteiger partial charge is 0.0219 e. The highest BCUT2D eigenvalue weighted by Crippen LogP contribution is 2.14. The summed E-state index contributed by atoms with van der Waals surface area (Å²) >= 11 is 0. The van der Waals surface area contributed by atoms with E-state index < -0.39 is 0 Å². The van der Waals surface area contributed by atoms with Crippen molar-refractivity contribution in [1.82, 2.24) is 0 Å². The van der Waals surface area contributed by atoms with Gasteiger partial charge in [-0.1, -0.05) is 50.3 Å². The molecule has 1 aromatic carbocycles. The van der Waals surface area contributed by atoms with Gasteiger partial charge in [0, 0.05) is 0 Å². The summed E-state index contributed by atoms with van der Waals surface area (Å²) in [6.45, 7) is 8.06. The van der Waals surface area contributed by atoms with Crippen molar-refractivity contribution < 1.29 is 0 Å². The summed E-state index contributed by atoms with van der Waals surface area (Å²) in [5, 5.41) is 0. The Balaban J connectivity index is 2.85. The third-order valence-corrected chi connectivity index (χ3v) is 1.91. The van der Waals surface area contributed by atoms with E-state index in [1.54, 1.807) is 0 Å². The molecule has 0 aliphatic carbocycles. The molecule has 0 saturated heterocycles. The Hall–Kier alpha value is -1.04. The summed E-state index contributed by atoms with van der Waals surface area (Å²) in [7, 11) is 0. The summed E-state index contributed by atoms with van der Waals surface area (Å²) < 4.78 is 0. The molecule has 1 aromatic rings. The van der Waals surface area contributed by atoms with Gasteiger partial charge in [-0.3, -0.25) is 0 Å². The number of rotatable bonds is 2. The molecule has 0 aliphatic heterocycles. The lowest BCUT2D eigenvalue weighted by Gasteiger charge is -2.04. The molecule has 0 heteroatoms. The van der Waals surface area contributed by atoms with E-state index in [4.69, 9.17) is 0 Å². The Morgan fingerprint density at radius 1 is 1.17 bits per heavy atom. The first kappa shape index (κ1) is 9.05. The minimum atomic E-state index is 0.614. The van der Waals surface area contributed by atoms with Gasteiger partial charge in [-0.2, -0.15) is 0 Å². The van der Waals surface area contributed by atoms with Gasteiger partial charge in [0.25, 0.3) is 0 Å². The van der Waals surface area contributed by atoms with Gasteiger partial charge in [-0.15, -0.1) is 0 Å². The average molecular weight is 159 g/mol. The molecular weight excluding hydrogens is 144 g/mol. The van der Waals surface area contributed by atoms with Crippen LogP contribution in [0.4, 0.5) is 0 Å². The molecule has 0 atom stereocenters. The SMILES string of the molecule is [CH2]/C=C/c1ccc(C(C)C)cc1. The number of benzene rings is 1. The summed E-state index contributed by atoms with van der Waals surface area (Å²) in [6.07, 6.45) is 3.81. The number of allylic oxidation sites excluding steroid dienone is 1. The highest BCUT2D eigenvalue weighted by atomic mass is 14.0. The fraction of sp³-hybridized carbons (Fsp3) is 0.250. The molecule has 1 rings (SSSR count). The fourth-order valence-corrected chi connectivity index (χ4v) is 1.13. The zero-order chi connectivity index (χ0) is 8.97. The Morgan fingerprint density at radius 2 is 1.75 bits per heavy atom. The Kier molecular flexibility index (Phi) is 3.09. The lowest BCUT2D eigenvalue weighted by molar-refractivity contribution is 0.866. The van der Waals surface area contributed by atoms with Gasteiger partial charge in [-0.05, 0) is 24.0 Å².